The molecule has 0 atom stereocenters. The Morgan fingerprint density at radius 2 is 2.35 bits per heavy atom. The molecule has 1 aliphatic rings. The Morgan fingerprint density at radius 3 is 3.00 bits per heavy atom. The average Bonchev–Trinajstić information content (AvgIpc) is 2.92. The maximum Gasteiger partial charge on any atom is 0.126 e. The molecule has 0 aromatic carbocycles. The molecular formula is C12H16N4S. The number of nitrogens with zero attached hydrogens (tertiary/aromatic N) is 3. The molecule has 3 rings (SSSR count). The van der Waals surface area contributed by atoms with Crippen molar-refractivity contribution in [2.75, 3.05) is 0 Å². The molecule has 4 nitrogen and oxygen atoms in total. The van der Waals surface area contributed by atoms with Crippen LogP contribution in [0, 0.1) is 5.92 Å². The average molecular weight is 248 g/mol. The van der Waals surface area contributed by atoms with Crippen LogP contribution in [0.1, 0.15) is 25.0 Å². The normalized spacial score (nSPS) is 16.1. The molecule has 2 heterocycles. The lowest BCUT2D eigenvalue weighted by atomic mass is 9.85. The summed E-state index contributed by atoms with van der Waals surface area (Å²) in [5, 5.41) is 7.43. The Balaban J connectivity index is 1.74. The van der Waals surface area contributed by atoms with Crippen molar-refractivity contribution in [1.82, 2.24) is 14.8 Å². The topological polar surface area (TPSA) is 56.7 Å². The molecule has 2 aromatic rings. The quantitative estimate of drug-likeness (QED) is 0.903. The van der Waals surface area contributed by atoms with Crippen molar-refractivity contribution in [3.63, 3.8) is 0 Å². The Bertz CT molecular complexity index is 498. The van der Waals surface area contributed by atoms with Crippen molar-refractivity contribution in [3.8, 4) is 10.6 Å². The minimum Gasteiger partial charge on any atom is -0.325 e. The summed E-state index contributed by atoms with van der Waals surface area (Å²) in [6.45, 7) is 1.56. The molecule has 1 saturated carbocycles. The van der Waals surface area contributed by atoms with Crippen LogP contribution in [0.25, 0.3) is 10.6 Å². The zero-order valence-corrected chi connectivity index (χ0v) is 10.5. The van der Waals surface area contributed by atoms with Crippen molar-refractivity contribution in [1.29, 1.82) is 0 Å². The lowest BCUT2D eigenvalue weighted by Crippen LogP contribution is -2.18. The van der Waals surface area contributed by atoms with Gasteiger partial charge in [-0.2, -0.15) is 5.10 Å². The molecule has 0 amide bonds. The molecular weight excluding hydrogens is 232 g/mol. The van der Waals surface area contributed by atoms with E-state index in [9.17, 15) is 0 Å². The van der Waals surface area contributed by atoms with E-state index < -0.39 is 0 Å². The van der Waals surface area contributed by atoms with Crippen LogP contribution >= 0.6 is 11.3 Å². The maximum absolute atomic E-state index is 5.56. The van der Waals surface area contributed by atoms with E-state index in [4.69, 9.17) is 5.73 Å². The van der Waals surface area contributed by atoms with Gasteiger partial charge in [-0.25, -0.2) is 4.98 Å². The molecule has 2 aromatic heterocycles. The van der Waals surface area contributed by atoms with E-state index in [1.54, 1.807) is 11.3 Å². The predicted octanol–water partition coefficient (Wildman–Crippen LogP) is 2.27. The van der Waals surface area contributed by atoms with Crippen LogP contribution in [-0.2, 0) is 13.1 Å². The summed E-state index contributed by atoms with van der Waals surface area (Å²) in [4.78, 5) is 4.47. The van der Waals surface area contributed by atoms with E-state index in [1.165, 1.54) is 19.3 Å². The molecule has 5 heteroatoms. The minimum atomic E-state index is 0.507. The Labute approximate surface area is 104 Å². The van der Waals surface area contributed by atoms with Gasteiger partial charge < -0.3 is 5.73 Å². The Hall–Kier alpha value is -1.20. The number of thiazole rings is 1. The summed E-state index contributed by atoms with van der Waals surface area (Å²) in [5.74, 6) is 0.832. The van der Waals surface area contributed by atoms with Crippen molar-refractivity contribution < 1.29 is 0 Å². The first kappa shape index (κ1) is 10.9. The summed E-state index contributed by atoms with van der Waals surface area (Å²) >= 11 is 1.63. The second kappa shape index (κ2) is 4.58. The summed E-state index contributed by atoms with van der Waals surface area (Å²) < 4.78 is 2.04. The van der Waals surface area contributed by atoms with E-state index >= 15 is 0 Å². The highest BCUT2D eigenvalue weighted by Crippen LogP contribution is 2.28. The molecule has 2 N–H and O–H groups in total. The van der Waals surface area contributed by atoms with E-state index in [-0.39, 0.29) is 0 Å². The van der Waals surface area contributed by atoms with Crippen LogP contribution in [0.3, 0.4) is 0 Å². The van der Waals surface area contributed by atoms with E-state index in [2.05, 4.69) is 16.3 Å². The molecule has 0 spiro atoms. The van der Waals surface area contributed by atoms with Crippen molar-refractivity contribution in [2.45, 2.75) is 32.4 Å². The first-order valence-electron chi connectivity index (χ1n) is 6.02. The maximum atomic E-state index is 5.56. The minimum absolute atomic E-state index is 0.507. The summed E-state index contributed by atoms with van der Waals surface area (Å²) in [5.41, 5.74) is 7.62. The van der Waals surface area contributed by atoms with Gasteiger partial charge in [-0.1, -0.05) is 6.42 Å². The molecule has 0 aliphatic heterocycles. The number of hydrogen-bond acceptors (Lipinski definition) is 4. The van der Waals surface area contributed by atoms with Crippen molar-refractivity contribution >= 4 is 11.3 Å². The zero-order chi connectivity index (χ0) is 11.7. The molecule has 0 radical (unpaired) electrons. The van der Waals surface area contributed by atoms with Crippen LogP contribution in [0.15, 0.2) is 17.8 Å². The van der Waals surface area contributed by atoms with Gasteiger partial charge >= 0.3 is 0 Å². The fraction of sp³-hybridized carbons (Fsp3) is 0.500. The first-order valence-corrected chi connectivity index (χ1v) is 6.90. The molecule has 1 fully saturated rings. The Morgan fingerprint density at radius 1 is 1.47 bits per heavy atom. The van der Waals surface area contributed by atoms with E-state index in [1.807, 2.05) is 16.3 Å². The fourth-order valence-electron chi connectivity index (χ4n) is 2.05. The van der Waals surface area contributed by atoms with Gasteiger partial charge in [0.25, 0.3) is 0 Å². The second-order valence-corrected chi connectivity index (χ2v) is 5.45. The Kier molecular flexibility index (Phi) is 2.94. The fourth-order valence-corrected chi connectivity index (χ4v) is 2.86. The van der Waals surface area contributed by atoms with Gasteiger partial charge in [0, 0.05) is 30.2 Å². The van der Waals surface area contributed by atoms with Gasteiger partial charge in [0.2, 0.25) is 0 Å². The second-order valence-electron chi connectivity index (χ2n) is 4.60. The van der Waals surface area contributed by atoms with Gasteiger partial charge in [0.15, 0.2) is 0 Å². The lowest BCUT2D eigenvalue weighted by molar-refractivity contribution is 0.266. The summed E-state index contributed by atoms with van der Waals surface area (Å²) in [6.07, 6.45) is 8.08. The molecule has 1 aliphatic carbocycles. The molecule has 0 saturated heterocycles. The monoisotopic (exact) mass is 248 g/mol. The van der Waals surface area contributed by atoms with Crippen LogP contribution in [0.5, 0.6) is 0 Å². The van der Waals surface area contributed by atoms with Crippen molar-refractivity contribution in [2.24, 2.45) is 11.7 Å². The SMILES string of the molecule is NCc1csc(-c2cnn(CC3CCC3)c2)n1. The van der Waals surface area contributed by atoms with Crippen LogP contribution < -0.4 is 5.73 Å². The van der Waals surface area contributed by atoms with E-state index in [0.717, 1.165) is 28.7 Å². The van der Waals surface area contributed by atoms with E-state index in [0.29, 0.717) is 6.54 Å². The number of hydrogen-bond donors (Lipinski definition) is 1. The van der Waals surface area contributed by atoms with Gasteiger partial charge in [0.1, 0.15) is 5.01 Å². The van der Waals surface area contributed by atoms with Gasteiger partial charge in [-0.05, 0) is 18.8 Å². The third kappa shape index (κ3) is 2.25. The van der Waals surface area contributed by atoms with Crippen LogP contribution in [0.2, 0.25) is 0 Å². The van der Waals surface area contributed by atoms with Crippen LogP contribution in [0.4, 0.5) is 0 Å². The number of nitrogens with two attached hydrogens (primary N) is 1. The van der Waals surface area contributed by atoms with Gasteiger partial charge in [-0.3, -0.25) is 4.68 Å². The smallest absolute Gasteiger partial charge is 0.126 e. The van der Waals surface area contributed by atoms with Crippen LogP contribution in [-0.4, -0.2) is 14.8 Å². The highest BCUT2D eigenvalue weighted by Gasteiger charge is 2.18. The summed E-state index contributed by atoms with van der Waals surface area (Å²) in [7, 11) is 0. The number of aromatic nitrogens is 3. The number of rotatable bonds is 4. The van der Waals surface area contributed by atoms with Gasteiger partial charge in [0.05, 0.1) is 11.9 Å². The molecule has 17 heavy (non-hydrogen) atoms. The molecule has 90 valence electrons. The third-order valence-electron chi connectivity index (χ3n) is 3.31. The highest BCUT2D eigenvalue weighted by atomic mass is 32.1. The largest absolute Gasteiger partial charge is 0.325 e. The third-order valence-corrected chi connectivity index (χ3v) is 4.25. The van der Waals surface area contributed by atoms with Gasteiger partial charge in [-0.15, -0.1) is 11.3 Å². The molecule has 0 bridgehead atoms. The van der Waals surface area contributed by atoms with Crippen molar-refractivity contribution in [3.05, 3.63) is 23.5 Å². The highest BCUT2D eigenvalue weighted by molar-refractivity contribution is 7.13. The first-order chi connectivity index (χ1) is 8.35. The summed E-state index contributed by atoms with van der Waals surface area (Å²) in [6, 6.07) is 0. The molecule has 0 unspecified atom stereocenters. The lowest BCUT2D eigenvalue weighted by Gasteiger charge is -2.24. The zero-order valence-electron chi connectivity index (χ0n) is 9.67. The predicted molar refractivity (Wildman–Crippen MR) is 68.6 cm³/mol. The standard InChI is InChI=1S/C12H16N4S/c13-4-11-8-17-12(15-11)10-5-14-16(7-10)6-9-2-1-3-9/h5,7-9H,1-4,6,13H2.